The quantitative estimate of drug-likeness (QED) is 0.736. The number of hydrogen-bond donors (Lipinski definition) is 1. The highest BCUT2D eigenvalue weighted by molar-refractivity contribution is 6.31. The van der Waals surface area contributed by atoms with Gasteiger partial charge in [0.15, 0.2) is 0 Å². The zero-order valence-electron chi connectivity index (χ0n) is 17.1. The summed E-state index contributed by atoms with van der Waals surface area (Å²) in [5.41, 5.74) is 6.76. The summed E-state index contributed by atoms with van der Waals surface area (Å²) in [4.78, 5) is 19.0. The Morgan fingerprint density at radius 1 is 1.17 bits per heavy atom. The highest BCUT2D eigenvalue weighted by Crippen LogP contribution is 2.27. The van der Waals surface area contributed by atoms with Crippen molar-refractivity contribution in [2.24, 2.45) is 11.1 Å². The molecule has 3 rings (SSSR count). The molecule has 5 nitrogen and oxygen atoms in total. The van der Waals surface area contributed by atoms with Crippen LogP contribution in [0.3, 0.4) is 0 Å². The highest BCUT2D eigenvalue weighted by atomic mass is 35.5. The molecule has 2 heterocycles. The van der Waals surface area contributed by atoms with Gasteiger partial charge >= 0.3 is 0 Å². The lowest BCUT2D eigenvalue weighted by atomic mass is 9.80. The van der Waals surface area contributed by atoms with Crippen molar-refractivity contribution in [1.29, 1.82) is 0 Å². The summed E-state index contributed by atoms with van der Waals surface area (Å²) >= 11 is 6.12. The minimum absolute atomic E-state index is 0. The summed E-state index contributed by atoms with van der Waals surface area (Å²) in [6.45, 7) is 9.79. The molecule has 166 valence electrons. The number of benzene rings is 1. The van der Waals surface area contributed by atoms with E-state index in [-0.39, 0.29) is 48.0 Å². The number of likely N-dealkylation sites (tertiary alicyclic amines) is 1. The minimum Gasteiger partial charge on any atom is -0.339 e. The van der Waals surface area contributed by atoms with E-state index in [1.165, 1.54) is 6.07 Å². The van der Waals surface area contributed by atoms with E-state index < -0.39 is 0 Å². The van der Waals surface area contributed by atoms with Crippen molar-refractivity contribution in [3.63, 3.8) is 0 Å². The Labute approximate surface area is 190 Å². The molecule has 1 amide bonds. The second-order valence-corrected chi connectivity index (χ2v) is 8.86. The van der Waals surface area contributed by atoms with Crippen molar-refractivity contribution < 1.29 is 9.18 Å². The van der Waals surface area contributed by atoms with Crippen LogP contribution in [0.4, 0.5) is 4.39 Å². The molecular weight excluding hydrogens is 438 g/mol. The van der Waals surface area contributed by atoms with Gasteiger partial charge in [-0.15, -0.1) is 24.8 Å². The van der Waals surface area contributed by atoms with E-state index in [1.54, 1.807) is 12.1 Å². The second kappa shape index (κ2) is 11.1. The number of halogens is 4. The van der Waals surface area contributed by atoms with Gasteiger partial charge in [0.2, 0.25) is 5.91 Å². The molecule has 9 heteroatoms. The molecule has 2 fully saturated rings. The largest absolute Gasteiger partial charge is 0.339 e. The third kappa shape index (κ3) is 6.68. The van der Waals surface area contributed by atoms with E-state index in [4.69, 9.17) is 17.3 Å². The van der Waals surface area contributed by atoms with Crippen LogP contribution in [0.15, 0.2) is 18.2 Å². The molecule has 1 aromatic carbocycles. The molecule has 0 aromatic heterocycles. The number of piperazine rings is 1. The van der Waals surface area contributed by atoms with Gasteiger partial charge in [0.1, 0.15) is 5.82 Å². The Hall–Kier alpha value is -0.630. The Balaban J connectivity index is 0.00000210. The first-order valence-corrected chi connectivity index (χ1v) is 10.0. The monoisotopic (exact) mass is 468 g/mol. The molecule has 1 unspecified atom stereocenters. The number of rotatable bonds is 4. The van der Waals surface area contributed by atoms with E-state index in [0.29, 0.717) is 36.8 Å². The van der Waals surface area contributed by atoms with Crippen molar-refractivity contribution in [2.45, 2.75) is 32.9 Å². The number of nitrogens with two attached hydrogens (primary N) is 1. The van der Waals surface area contributed by atoms with Crippen molar-refractivity contribution in [3.05, 3.63) is 34.6 Å². The van der Waals surface area contributed by atoms with Crippen LogP contribution in [0.25, 0.3) is 0 Å². The maximum Gasteiger partial charge on any atom is 0.236 e. The predicted octanol–water partition coefficient (Wildman–Crippen LogP) is 3.03. The molecule has 0 spiro atoms. The van der Waals surface area contributed by atoms with Crippen molar-refractivity contribution in [3.8, 4) is 0 Å². The topological polar surface area (TPSA) is 52.8 Å². The molecule has 2 N–H and O–H groups in total. The van der Waals surface area contributed by atoms with Crippen LogP contribution in [-0.2, 0) is 11.3 Å². The molecule has 1 aromatic rings. The Bertz CT molecular complexity index is 663. The fraction of sp³-hybridized carbons (Fsp3) is 0.650. The van der Waals surface area contributed by atoms with E-state index >= 15 is 0 Å². The van der Waals surface area contributed by atoms with E-state index in [0.717, 1.165) is 32.6 Å². The highest BCUT2D eigenvalue weighted by Gasteiger charge is 2.34. The van der Waals surface area contributed by atoms with Gasteiger partial charge in [0.25, 0.3) is 0 Å². The summed E-state index contributed by atoms with van der Waals surface area (Å²) in [6, 6.07) is 4.96. The van der Waals surface area contributed by atoms with E-state index in [9.17, 15) is 9.18 Å². The van der Waals surface area contributed by atoms with E-state index in [1.807, 2.05) is 4.90 Å². The number of carbonyl (C=O) groups is 1. The first-order valence-electron chi connectivity index (χ1n) is 9.67. The third-order valence-corrected chi connectivity index (χ3v) is 6.27. The summed E-state index contributed by atoms with van der Waals surface area (Å²) in [6.07, 6.45) is 0.928. The summed E-state index contributed by atoms with van der Waals surface area (Å²) in [5, 5.41) is 0.458. The lowest BCUT2D eigenvalue weighted by molar-refractivity contribution is -0.135. The van der Waals surface area contributed by atoms with Crippen LogP contribution >= 0.6 is 36.4 Å². The van der Waals surface area contributed by atoms with Crippen molar-refractivity contribution in [1.82, 2.24) is 14.7 Å². The third-order valence-electron chi connectivity index (χ3n) is 5.92. The molecule has 2 aliphatic heterocycles. The van der Waals surface area contributed by atoms with Gasteiger partial charge in [-0.05, 0) is 24.0 Å². The van der Waals surface area contributed by atoms with Crippen molar-refractivity contribution >= 4 is 42.3 Å². The number of hydrogen-bond acceptors (Lipinski definition) is 4. The summed E-state index contributed by atoms with van der Waals surface area (Å²) in [5.74, 6) is -0.100. The lowest BCUT2D eigenvalue weighted by Gasteiger charge is -2.43. The lowest BCUT2D eigenvalue weighted by Crippen LogP contribution is -2.56. The molecule has 0 bridgehead atoms. The van der Waals surface area contributed by atoms with Crippen LogP contribution in [0, 0.1) is 11.2 Å². The molecule has 2 saturated heterocycles. The Kier molecular flexibility index (Phi) is 10.1. The molecule has 29 heavy (non-hydrogen) atoms. The van der Waals surface area contributed by atoms with Crippen LogP contribution < -0.4 is 5.73 Å². The Morgan fingerprint density at radius 2 is 1.83 bits per heavy atom. The Morgan fingerprint density at radius 3 is 2.41 bits per heavy atom. The van der Waals surface area contributed by atoms with Crippen LogP contribution in [0.2, 0.25) is 5.02 Å². The van der Waals surface area contributed by atoms with Gasteiger partial charge in [0.05, 0.1) is 6.54 Å². The van der Waals surface area contributed by atoms with Gasteiger partial charge < -0.3 is 10.6 Å². The molecule has 1 atom stereocenters. The van der Waals surface area contributed by atoms with E-state index in [2.05, 4.69) is 23.6 Å². The number of nitrogens with zero attached hydrogens (tertiary/aromatic N) is 3. The van der Waals surface area contributed by atoms with Gasteiger partial charge in [0, 0.05) is 62.4 Å². The van der Waals surface area contributed by atoms with Gasteiger partial charge in [-0.3, -0.25) is 14.6 Å². The predicted molar refractivity (Wildman–Crippen MR) is 121 cm³/mol. The van der Waals surface area contributed by atoms with Gasteiger partial charge in [-0.25, -0.2) is 4.39 Å². The molecule has 0 aliphatic carbocycles. The van der Waals surface area contributed by atoms with Crippen LogP contribution in [-0.4, -0.2) is 72.5 Å². The maximum absolute atomic E-state index is 14.0. The summed E-state index contributed by atoms with van der Waals surface area (Å²) in [7, 11) is 0. The zero-order valence-corrected chi connectivity index (χ0v) is 19.5. The standard InChI is InChI=1S/C20H30ClFN4O.2ClH/c1-20(2)14-25(7-6-18(20)23)13-19(27)26-10-8-24(9-11-26)12-15-16(21)4-3-5-17(15)22;;/h3-5,18H,6-14,23H2,1-2H3;2*1H. The molecule has 0 radical (unpaired) electrons. The first kappa shape index (κ1) is 26.4. The molecule has 2 aliphatic rings. The first-order chi connectivity index (χ1) is 12.8. The molecular formula is C20H32Cl3FN4O. The fourth-order valence-electron chi connectivity index (χ4n) is 3.97. The van der Waals surface area contributed by atoms with Gasteiger partial charge in [-0.2, -0.15) is 0 Å². The second-order valence-electron chi connectivity index (χ2n) is 8.45. The molecule has 0 saturated carbocycles. The number of amides is 1. The summed E-state index contributed by atoms with van der Waals surface area (Å²) < 4.78 is 14.0. The zero-order chi connectivity index (χ0) is 19.6. The normalized spacial score (nSPS) is 22.5. The maximum atomic E-state index is 14.0. The van der Waals surface area contributed by atoms with Crippen LogP contribution in [0.1, 0.15) is 25.8 Å². The smallest absolute Gasteiger partial charge is 0.236 e. The van der Waals surface area contributed by atoms with Gasteiger partial charge in [-0.1, -0.05) is 31.5 Å². The minimum atomic E-state index is -0.271. The SMILES string of the molecule is CC1(C)CN(CC(=O)N2CCN(Cc3c(F)cccc3Cl)CC2)CCC1N.Cl.Cl. The number of piperidine rings is 1. The fourth-order valence-corrected chi connectivity index (χ4v) is 4.20. The van der Waals surface area contributed by atoms with Crippen molar-refractivity contribution in [2.75, 3.05) is 45.8 Å². The average Bonchev–Trinajstić information content (AvgIpc) is 2.62. The number of carbonyl (C=O) groups excluding carboxylic acids is 1. The average molecular weight is 470 g/mol. The van der Waals surface area contributed by atoms with Crippen LogP contribution in [0.5, 0.6) is 0 Å².